The number of halogens is 1. The maximum atomic E-state index is 14.2. The first-order chi connectivity index (χ1) is 19.0. The van der Waals surface area contributed by atoms with Crippen LogP contribution in [-0.2, 0) is 0 Å². The molecule has 0 aliphatic carbocycles. The zero-order valence-corrected chi connectivity index (χ0v) is 21.7. The number of aromatic nitrogens is 6. The fourth-order valence-electron chi connectivity index (χ4n) is 4.45. The van der Waals surface area contributed by atoms with Crippen molar-refractivity contribution in [2.45, 2.75) is 0 Å². The molecule has 2 aromatic carbocycles. The number of benzene rings is 2. The molecule has 6 aromatic rings. The molecule has 196 valence electrons. The van der Waals surface area contributed by atoms with E-state index in [-0.39, 0.29) is 0 Å². The highest BCUT2D eigenvalue weighted by atomic mass is 19.1. The molecule has 39 heavy (non-hydrogen) atoms. The highest BCUT2D eigenvalue weighted by Gasteiger charge is 2.17. The number of rotatable bonds is 8. The van der Waals surface area contributed by atoms with Gasteiger partial charge in [0.15, 0.2) is 5.82 Å². The number of aromatic amines is 2. The van der Waals surface area contributed by atoms with Gasteiger partial charge in [0, 0.05) is 41.5 Å². The SMILES string of the molecule is COc1cc(F)cc(-c2nccc3[nH]c(-c4n[nH]c5ccc(-c6cncc(OCCN(C)C)c6)cc45)nc23)c1. The quantitative estimate of drug-likeness (QED) is 0.278. The zero-order chi connectivity index (χ0) is 26.9. The fraction of sp³-hybridized carbons (Fsp3) is 0.172. The van der Waals surface area contributed by atoms with Crippen molar-refractivity contribution in [1.29, 1.82) is 0 Å². The van der Waals surface area contributed by atoms with Gasteiger partial charge in [0.05, 0.1) is 30.0 Å². The minimum atomic E-state index is -0.411. The van der Waals surface area contributed by atoms with Crippen LogP contribution in [-0.4, -0.2) is 69.4 Å². The van der Waals surface area contributed by atoms with E-state index in [2.05, 4.69) is 36.1 Å². The summed E-state index contributed by atoms with van der Waals surface area (Å²) in [5.41, 5.74) is 5.93. The first-order valence-corrected chi connectivity index (χ1v) is 12.4. The van der Waals surface area contributed by atoms with Crippen LogP contribution in [0.2, 0.25) is 0 Å². The Morgan fingerprint density at radius 2 is 1.77 bits per heavy atom. The van der Waals surface area contributed by atoms with Crippen LogP contribution in [0.15, 0.2) is 67.1 Å². The van der Waals surface area contributed by atoms with E-state index in [4.69, 9.17) is 14.5 Å². The van der Waals surface area contributed by atoms with E-state index in [1.165, 1.54) is 19.2 Å². The van der Waals surface area contributed by atoms with Crippen LogP contribution in [0.4, 0.5) is 4.39 Å². The first-order valence-electron chi connectivity index (χ1n) is 12.4. The van der Waals surface area contributed by atoms with Gasteiger partial charge in [0.1, 0.15) is 35.1 Å². The summed E-state index contributed by atoms with van der Waals surface area (Å²) in [6.07, 6.45) is 5.19. The van der Waals surface area contributed by atoms with Gasteiger partial charge in [-0.25, -0.2) is 9.37 Å². The number of imidazole rings is 1. The van der Waals surface area contributed by atoms with Crippen molar-refractivity contribution in [1.82, 2.24) is 35.0 Å². The molecule has 10 heteroatoms. The molecule has 0 bridgehead atoms. The Morgan fingerprint density at radius 1 is 0.897 bits per heavy atom. The normalized spacial score (nSPS) is 11.5. The van der Waals surface area contributed by atoms with Gasteiger partial charge >= 0.3 is 0 Å². The first kappa shape index (κ1) is 24.5. The minimum Gasteiger partial charge on any atom is -0.497 e. The molecular weight excluding hydrogens is 497 g/mol. The van der Waals surface area contributed by atoms with Crippen molar-refractivity contribution in [3.63, 3.8) is 0 Å². The number of fused-ring (bicyclic) bond motifs is 2. The Morgan fingerprint density at radius 3 is 2.62 bits per heavy atom. The van der Waals surface area contributed by atoms with Crippen LogP contribution >= 0.6 is 0 Å². The predicted octanol–water partition coefficient (Wildman–Crippen LogP) is 5.32. The lowest BCUT2D eigenvalue weighted by Gasteiger charge is -2.11. The number of nitrogens with one attached hydrogen (secondary N) is 2. The van der Waals surface area contributed by atoms with E-state index in [9.17, 15) is 4.39 Å². The van der Waals surface area contributed by atoms with Gasteiger partial charge in [-0.3, -0.25) is 15.1 Å². The van der Waals surface area contributed by atoms with Crippen LogP contribution in [0.1, 0.15) is 0 Å². The molecule has 0 aliphatic rings. The van der Waals surface area contributed by atoms with Gasteiger partial charge in [0.25, 0.3) is 0 Å². The lowest BCUT2D eigenvalue weighted by molar-refractivity contribution is 0.261. The highest BCUT2D eigenvalue weighted by Crippen LogP contribution is 2.34. The topological polar surface area (TPSA) is 105 Å². The molecule has 0 aliphatic heterocycles. The van der Waals surface area contributed by atoms with Crippen LogP contribution < -0.4 is 9.47 Å². The minimum absolute atomic E-state index is 0.409. The third-order valence-corrected chi connectivity index (χ3v) is 6.42. The van der Waals surface area contributed by atoms with Crippen LogP contribution in [0.5, 0.6) is 11.5 Å². The van der Waals surface area contributed by atoms with Crippen molar-refractivity contribution < 1.29 is 13.9 Å². The Kier molecular flexibility index (Phi) is 6.37. The van der Waals surface area contributed by atoms with E-state index in [1.807, 2.05) is 44.6 Å². The lowest BCUT2D eigenvalue weighted by Crippen LogP contribution is -2.19. The van der Waals surface area contributed by atoms with Gasteiger partial charge in [0.2, 0.25) is 0 Å². The van der Waals surface area contributed by atoms with E-state index < -0.39 is 5.82 Å². The number of nitrogens with zero attached hydrogens (tertiary/aromatic N) is 5. The summed E-state index contributed by atoms with van der Waals surface area (Å²) >= 11 is 0. The molecule has 9 nitrogen and oxygen atoms in total. The molecule has 0 saturated heterocycles. The smallest absolute Gasteiger partial charge is 0.159 e. The molecule has 4 aromatic heterocycles. The maximum Gasteiger partial charge on any atom is 0.159 e. The maximum absolute atomic E-state index is 14.2. The highest BCUT2D eigenvalue weighted by molar-refractivity contribution is 5.97. The molecule has 4 heterocycles. The second kappa shape index (κ2) is 10.1. The number of methoxy groups -OCH3 is 1. The van der Waals surface area contributed by atoms with Crippen molar-refractivity contribution in [3.05, 3.63) is 72.9 Å². The molecule has 0 atom stereocenters. The molecule has 0 unspecified atom stereocenters. The van der Waals surface area contributed by atoms with Gasteiger partial charge in [-0.2, -0.15) is 5.10 Å². The summed E-state index contributed by atoms with van der Waals surface area (Å²) in [6.45, 7) is 1.39. The average molecular weight is 524 g/mol. The molecule has 0 amide bonds. The fourth-order valence-corrected chi connectivity index (χ4v) is 4.45. The summed E-state index contributed by atoms with van der Waals surface area (Å²) in [7, 11) is 5.52. The number of H-pyrrole nitrogens is 2. The van der Waals surface area contributed by atoms with E-state index >= 15 is 0 Å². The van der Waals surface area contributed by atoms with Crippen molar-refractivity contribution >= 4 is 21.9 Å². The third kappa shape index (κ3) is 4.89. The molecule has 6 rings (SSSR count). The lowest BCUT2D eigenvalue weighted by atomic mass is 10.0. The monoisotopic (exact) mass is 523 g/mol. The molecule has 0 radical (unpaired) electrons. The Balaban J connectivity index is 1.38. The number of pyridine rings is 2. The number of likely N-dealkylation sites (N-methyl/N-ethyl adjacent to an activating group) is 1. The Bertz CT molecular complexity index is 1790. The van der Waals surface area contributed by atoms with Gasteiger partial charge < -0.3 is 19.4 Å². The van der Waals surface area contributed by atoms with E-state index in [0.29, 0.717) is 46.4 Å². The second-order valence-corrected chi connectivity index (χ2v) is 9.41. The van der Waals surface area contributed by atoms with E-state index in [1.54, 1.807) is 18.5 Å². The van der Waals surface area contributed by atoms with Crippen molar-refractivity contribution in [2.24, 2.45) is 0 Å². The summed E-state index contributed by atoms with van der Waals surface area (Å²) in [5.74, 6) is 1.29. The van der Waals surface area contributed by atoms with Crippen LogP contribution in [0.25, 0.3) is 55.8 Å². The zero-order valence-electron chi connectivity index (χ0n) is 21.7. The summed E-state index contributed by atoms with van der Waals surface area (Å²) < 4.78 is 25.3. The number of hydrogen-bond donors (Lipinski definition) is 2. The molecular formula is C29H26FN7O2. The van der Waals surface area contributed by atoms with E-state index in [0.717, 1.165) is 34.1 Å². The van der Waals surface area contributed by atoms with Crippen LogP contribution in [0, 0.1) is 5.82 Å². The standard InChI is InChI=1S/C29H26FN7O2/c1-37(2)8-9-39-22-12-19(15-31-16-22)17-4-5-24-23(13-17)27(36-35-24)29-33-25-6-7-32-26(28(25)34-29)18-10-20(30)14-21(11-18)38-3/h4-7,10-16H,8-9H2,1-3H3,(H,33,34)(H,35,36). The van der Waals surface area contributed by atoms with Crippen molar-refractivity contribution in [3.8, 4) is 45.4 Å². The van der Waals surface area contributed by atoms with Crippen molar-refractivity contribution in [2.75, 3.05) is 34.4 Å². The Hall–Kier alpha value is -4.83. The second-order valence-electron chi connectivity index (χ2n) is 9.41. The number of hydrogen-bond acceptors (Lipinski definition) is 7. The molecule has 0 spiro atoms. The largest absolute Gasteiger partial charge is 0.497 e. The third-order valence-electron chi connectivity index (χ3n) is 6.42. The summed E-state index contributed by atoms with van der Waals surface area (Å²) in [4.78, 5) is 19.1. The van der Waals surface area contributed by atoms with Gasteiger partial charge in [-0.1, -0.05) is 6.07 Å². The molecule has 2 N–H and O–H groups in total. The summed E-state index contributed by atoms with van der Waals surface area (Å²) in [6, 6.07) is 14.4. The predicted molar refractivity (Wildman–Crippen MR) is 148 cm³/mol. The summed E-state index contributed by atoms with van der Waals surface area (Å²) in [5, 5.41) is 8.54. The average Bonchev–Trinajstić information content (AvgIpc) is 3.56. The molecule has 0 saturated carbocycles. The number of ether oxygens (including phenoxy) is 2. The Labute approximate surface area is 223 Å². The van der Waals surface area contributed by atoms with Crippen LogP contribution in [0.3, 0.4) is 0 Å². The van der Waals surface area contributed by atoms with Gasteiger partial charge in [-0.15, -0.1) is 0 Å². The van der Waals surface area contributed by atoms with Gasteiger partial charge in [-0.05, 0) is 56.1 Å². The molecule has 0 fully saturated rings.